The Labute approximate surface area is 71.1 Å². The Hall–Kier alpha value is -0.900. The number of aromatic nitrogens is 2. The lowest BCUT2D eigenvalue weighted by Gasteiger charge is -2.18. The molecule has 1 unspecified atom stereocenters. The molecule has 1 aromatic rings. The van der Waals surface area contributed by atoms with Crippen molar-refractivity contribution in [2.75, 3.05) is 0 Å². The van der Waals surface area contributed by atoms with Gasteiger partial charge < -0.3 is 10.3 Å². The van der Waals surface area contributed by atoms with E-state index in [-0.39, 0.29) is 0 Å². The molecule has 0 aromatic carbocycles. The van der Waals surface area contributed by atoms with Crippen LogP contribution in [0.3, 0.4) is 0 Å². The van der Waals surface area contributed by atoms with E-state index in [4.69, 9.17) is 10.3 Å². The molecule has 12 heavy (non-hydrogen) atoms. The van der Waals surface area contributed by atoms with Crippen LogP contribution in [0, 0.1) is 12.8 Å². The van der Waals surface area contributed by atoms with Gasteiger partial charge >= 0.3 is 0 Å². The SMILES string of the molecule is Cc1nc(C(C)(N)C2CC2)no1. The van der Waals surface area contributed by atoms with Crippen LogP contribution in [0.15, 0.2) is 4.52 Å². The van der Waals surface area contributed by atoms with Crippen LogP contribution in [0.2, 0.25) is 0 Å². The maximum Gasteiger partial charge on any atom is 0.223 e. The third-order valence-corrected chi connectivity index (χ3v) is 2.43. The summed E-state index contributed by atoms with van der Waals surface area (Å²) in [6.07, 6.45) is 2.36. The molecule has 1 aliphatic carbocycles. The molecule has 4 heteroatoms. The lowest BCUT2D eigenvalue weighted by molar-refractivity contribution is 0.346. The predicted octanol–water partition coefficient (Wildman–Crippen LogP) is 0.962. The van der Waals surface area contributed by atoms with Gasteiger partial charge in [-0.3, -0.25) is 0 Å². The minimum atomic E-state index is -0.391. The molecule has 4 nitrogen and oxygen atoms in total. The van der Waals surface area contributed by atoms with Gasteiger partial charge in [0.05, 0.1) is 5.54 Å². The standard InChI is InChI=1S/C8H13N3O/c1-5-10-7(11-12-5)8(2,9)6-3-4-6/h6H,3-4,9H2,1-2H3. The van der Waals surface area contributed by atoms with Gasteiger partial charge in [0.2, 0.25) is 5.89 Å². The highest BCUT2D eigenvalue weighted by Gasteiger charge is 2.42. The highest BCUT2D eigenvalue weighted by molar-refractivity contribution is 5.08. The molecule has 1 atom stereocenters. The van der Waals surface area contributed by atoms with Crippen LogP contribution in [0.4, 0.5) is 0 Å². The van der Waals surface area contributed by atoms with E-state index in [9.17, 15) is 0 Å². The summed E-state index contributed by atoms with van der Waals surface area (Å²) in [7, 11) is 0. The Balaban J connectivity index is 2.27. The fourth-order valence-corrected chi connectivity index (χ4v) is 1.38. The molecule has 0 bridgehead atoms. The minimum Gasteiger partial charge on any atom is -0.340 e. The van der Waals surface area contributed by atoms with E-state index in [1.165, 1.54) is 12.8 Å². The largest absolute Gasteiger partial charge is 0.340 e. The number of hydrogen-bond acceptors (Lipinski definition) is 4. The number of nitrogens with zero attached hydrogens (tertiary/aromatic N) is 2. The highest BCUT2D eigenvalue weighted by Crippen LogP contribution is 2.42. The molecule has 0 aliphatic heterocycles. The monoisotopic (exact) mass is 167 g/mol. The second-order valence-electron chi connectivity index (χ2n) is 3.69. The first-order valence-corrected chi connectivity index (χ1v) is 4.20. The van der Waals surface area contributed by atoms with Crippen molar-refractivity contribution >= 4 is 0 Å². The van der Waals surface area contributed by atoms with Crippen molar-refractivity contribution in [2.45, 2.75) is 32.2 Å². The van der Waals surface area contributed by atoms with E-state index in [1.54, 1.807) is 6.92 Å². The average Bonchev–Trinajstić information content (AvgIpc) is 2.75. The molecule has 0 saturated heterocycles. The second-order valence-corrected chi connectivity index (χ2v) is 3.69. The van der Waals surface area contributed by atoms with Crippen molar-refractivity contribution in [3.8, 4) is 0 Å². The fourth-order valence-electron chi connectivity index (χ4n) is 1.38. The quantitative estimate of drug-likeness (QED) is 0.712. The zero-order valence-electron chi connectivity index (χ0n) is 7.37. The Kier molecular flexibility index (Phi) is 1.48. The van der Waals surface area contributed by atoms with Crippen LogP contribution in [0.5, 0.6) is 0 Å². The normalized spacial score (nSPS) is 22.2. The number of rotatable bonds is 2. The topological polar surface area (TPSA) is 64.9 Å². The first-order valence-electron chi connectivity index (χ1n) is 4.20. The van der Waals surface area contributed by atoms with Crippen LogP contribution < -0.4 is 5.73 Å². The molecule has 66 valence electrons. The Morgan fingerprint density at radius 3 is 2.67 bits per heavy atom. The van der Waals surface area contributed by atoms with Crippen LogP contribution in [-0.4, -0.2) is 10.1 Å². The Bertz CT molecular complexity index is 288. The first kappa shape index (κ1) is 7.73. The van der Waals surface area contributed by atoms with Crippen LogP contribution in [0.1, 0.15) is 31.5 Å². The summed E-state index contributed by atoms with van der Waals surface area (Å²) in [6, 6.07) is 0. The van der Waals surface area contributed by atoms with E-state index in [0.717, 1.165) is 0 Å². The molecule has 1 aromatic heterocycles. The molecular formula is C8H13N3O. The van der Waals surface area contributed by atoms with Gasteiger partial charge in [0.15, 0.2) is 5.82 Å². The average molecular weight is 167 g/mol. The van der Waals surface area contributed by atoms with Crippen molar-refractivity contribution in [2.24, 2.45) is 11.7 Å². The summed E-state index contributed by atoms with van der Waals surface area (Å²) in [4.78, 5) is 4.14. The first-order chi connectivity index (χ1) is 5.60. The molecule has 1 heterocycles. The smallest absolute Gasteiger partial charge is 0.223 e. The Morgan fingerprint density at radius 1 is 1.58 bits per heavy atom. The van der Waals surface area contributed by atoms with Gasteiger partial charge in [-0.1, -0.05) is 5.16 Å². The number of aryl methyl sites for hydroxylation is 1. The maximum atomic E-state index is 6.07. The van der Waals surface area contributed by atoms with Crippen LogP contribution in [0.25, 0.3) is 0 Å². The summed E-state index contributed by atoms with van der Waals surface area (Å²) in [5, 5.41) is 3.84. The van der Waals surface area contributed by atoms with Crippen LogP contribution in [-0.2, 0) is 5.54 Å². The lowest BCUT2D eigenvalue weighted by Crippen LogP contribution is -2.36. The van der Waals surface area contributed by atoms with Crippen molar-refractivity contribution in [1.29, 1.82) is 0 Å². The molecule has 1 fully saturated rings. The van der Waals surface area contributed by atoms with E-state index in [1.807, 2.05) is 6.92 Å². The fraction of sp³-hybridized carbons (Fsp3) is 0.750. The molecular weight excluding hydrogens is 154 g/mol. The molecule has 0 spiro atoms. The maximum absolute atomic E-state index is 6.07. The molecule has 0 amide bonds. The van der Waals surface area contributed by atoms with Gasteiger partial charge in [-0.05, 0) is 25.7 Å². The zero-order valence-corrected chi connectivity index (χ0v) is 7.37. The van der Waals surface area contributed by atoms with Gasteiger partial charge in [-0.15, -0.1) is 0 Å². The van der Waals surface area contributed by atoms with E-state index < -0.39 is 5.54 Å². The van der Waals surface area contributed by atoms with Gasteiger partial charge in [-0.2, -0.15) is 4.98 Å². The van der Waals surface area contributed by atoms with Gasteiger partial charge in [0.1, 0.15) is 0 Å². The Morgan fingerprint density at radius 2 is 2.25 bits per heavy atom. The molecule has 2 rings (SSSR count). The van der Waals surface area contributed by atoms with Crippen molar-refractivity contribution in [3.05, 3.63) is 11.7 Å². The number of nitrogens with two attached hydrogens (primary N) is 1. The van der Waals surface area contributed by atoms with Crippen molar-refractivity contribution < 1.29 is 4.52 Å². The van der Waals surface area contributed by atoms with E-state index in [0.29, 0.717) is 17.6 Å². The molecule has 1 aliphatic rings. The van der Waals surface area contributed by atoms with Crippen molar-refractivity contribution in [3.63, 3.8) is 0 Å². The van der Waals surface area contributed by atoms with E-state index in [2.05, 4.69) is 10.1 Å². The molecule has 1 saturated carbocycles. The van der Waals surface area contributed by atoms with Gasteiger partial charge in [0, 0.05) is 6.92 Å². The lowest BCUT2D eigenvalue weighted by atomic mass is 9.97. The third kappa shape index (κ3) is 1.12. The molecule has 2 N–H and O–H groups in total. The summed E-state index contributed by atoms with van der Waals surface area (Å²) >= 11 is 0. The third-order valence-electron chi connectivity index (χ3n) is 2.43. The summed E-state index contributed by atoms with van der Waals surface area (Å²) < 4.78 is 4.89. The van der Waals surface area contributed by atoms with Crippen LogP contribution >= 0.6 is 0 Å². The zero-order chi connectivity index (χ0) is 8.77. The summed E-state index contributed by atoms with van der Waals surface area (Å²) in [6.45, 7) is 3.74. The van der Waals surface area contributed by atoms with Gasteiger partial charge in [-0.25, -0.2) is 0 Å². The molecule has 0 radical (unpaired) electrons. The predicted molar refractivity (Wildman–Crippen MR) is 43.3 cm³/mol. The number of hydrogen-bond donors (Lipinski definition) is 1. The summed E-state index contributed by atoms with van der Waals surface area (Å²) in [5.74, 6) is 1.76. The highest BCUT2D eigenvalue weighted by atomic mass is 16.5. The van der Waals surface area contributed by atoms with Gasteiger partial charge in [0.25, 0.3) is 0 Å². The minimum absolute atomic E-state index is 0.391. The summed E-state index contributed by atoms with van der Waals surface area (Å²) in [5.41, 5.74) is 5.68. The van der Waals surface area contributed by atoms with Crippen molar-refractivity contribution in [1.82, 2.24) is 10.1 Å². The second kappa shape index (κ2) is 2.29. The van der Waals surface area contributed by atoms with E-state index >= 15 is 0 Å².